The minimum Gasteiger partial charge on any atom is -0.491 e. The lowest BCUT2D eigenvalue weighted by Gasteiger charge is -2.19. The number of nitrogen functional groups attached to an aromatic ring is 1. The number of hydrogen-bond donors (Lipinski definition) is 2. The Balaban J connectivity index is 2.19. The van der Waals surface area contributed by atoms with E-state index in [0.717, 1.165) is 38.2 Å². The van der Waals surface area contributed by atoms with Crippen LogP contribution in [-0.4, -0.2) is 42.9 Å². The number of aliphatic hydroxyl groups excluding tert-OH is 1. The van der Waals surface area contributed by atoms with Gasteiger partial charge in [-0.25, -0.2) is 0 Å². The lowest BCUT2D eigenvalue weighted by Crippen LogP contribution is -2.27. The Kier molecular flexibility index (Phi) is 7.22. The van der Waals surface area contributed by atoms with E-state index in [2.05, 4.69) is 11.8 Å². The van der Waals surface area contributed by atoms with Crippen LogP contribution < -0.4 is 10.5 Å². The third-order valence-electron chi connectivity index (χ3n) is 2.87. The van der Waals surface area contributed by atoms with Gasteiger partial charge in [0.15, 0.2) is 0 Å². The van der Waals surface area contributed by atoms with Gasteiger partial charge in [-0.3, -0.25) is 0 Å². The molecule has 0 aliphatic rings. The molecule has 1 aromatic carbocycles. The Morgan fingerprint density at radius 3 is 2.61 bits per heavy atom. The highest BCUT2D eigenvalue weighted by Gasteiger charge is 2.02. The lowest BCUT2D eigenvalue weighted by atomic mass is 10.3. The van der Waals surface area contributed by atoms with Gasteiger partial charge in [0.1, 0.15) is 5.75 Å². The van der Waals surface area contributed by atoms with E-state index in [1.807, 2.05) is 24.3 Å². The molecule has 1 rings (SSSR count). The van der Waals surface area contributed by atoms with Crippen LogP contribution in [0.1, 0.15) is 19.8 Å². The third kappa shape index (κ3) is 5.38. The molecule has 0 amide bonds. The van der Waals surface area contributed by atoms with Gasteiger partial charge in [-0.2, -0.15) is 0 Å². The summed E-state index contributed by atoms with van der Waals surface area (Å²) in [5.41, 5.74) is 6.48. The maximum absolute atomic E-state index is 8.80. The quantitative estimate of drug-likeness (QED) is 0.519. The number of nitrogens with zero attached hydrogens (tertiary/aromatic N) is 1. The van der Waals surface area contributed by atoms with E-state index >= 15 is 0 Å². The molecule has 4 nitrogen and oxygen atoms in total. The van der Waals surface area contributed by atoms with Crippen molar-refractivity contribution in [3.8, 4) is 5.75 Å². The van der Waals surface area contributed by atoms with Gasteiger partial charge in [0.05, 0.1) is 12.3 Å². The highest BCUT2D eigenvalue weighted by atomic mass is 16.5. The molecule has 0 aliphatic carbocycles. The molecule has 18 heavy (non-hydrogen) atoms. The molecule has 0 spiro atoms. The molecule has 0 saturated carbocycles. The topological polar surface area (TPSA) is 58.7 Å². The van der Waals surface area contributed by atoms with Gasteiger partial charge in [0, 0.05) is 19.7 Å². The SMILES string of the molecule is CCN(CCCO)CCCOc1ccccc1N. The van der Waals surface area contributed by atoms with Crippen molar-refractivity contribution in [2.45, 2.75) is 19.8 Å². The van der Waals surface area contributed by atoms with Crippen LogP contribution in [0.25, 0.3) is 0 Å². The second-order valence-corrected chi connectivity index (χ2v) is 4.25. The minimum absolute atomic E-state index is 0.257. The van der Waals surface area contributed by atoms with Crippen molar-refractivity contribution in [2.75, 3.05) is 38.6 Å². The molecule has 0 unspecified atom stereocenters. The van der Waals surface area contributed by atoms with Crippen LogP contribution in [-0.2, 0) is 0 Å². The predicted molar refractivity (Wildman–Crippen MR) is 74.8 cm³/mol. The molecular weight excluding hydrogens is 228 g/mol. The second-order valence-electron chi connectivity index (χ2n) is 4.25. The van der Waals surface area contributed by atoms with Crippen LogP contribution >= 0.6 is 0 Å². The van der Waals surface area contributed by atoms with E-state index in [1.54, 1.807) is 0 Å². The maximum atomic E-state index is 8.80. The van der Waals surface area contributed by atoms with Crippen molar-refractivity contribution in [2.24, 2.45) is 0 Å². The number of anilines is 1. The average Bonchev–Trinajstić information content (AvgIpc) is 2.40. The predicted octanol–water partition coefficient (Wildman–Crippen LogP) is 1.74. The van der Waals surface area contributed by atoms with E-state index in [9.17, 15) is 0 Å². The average molecular weight is 252 g/mol. The van der Waals surface area contributed by atoms with Crippen molar-refractivity contribution in [3.63, 3.8) is 0 Å². The standard InChI is InChI=1S/C14H24N2O2/c1-2-16(9-5-11-17)10-6-12-18-14-8-4-3-7-13(14)15/h3-4,7-8,17H,2,5-6,9-12,15H2,1H3. The molecule has 3 N–H and O–H groups in total. The first-order chi connectivity index (χ1) is 8.77. The Morgan fingerprint density at radius 2 is 1.94 bits per heavy atom. The number of benzene rings is 1. The summed E-state index contributed by atoms with van der Waals surface area (Å²) in [5, 5.41) is 8.80. The summed E-state index contributed by atoms with van der Waals surface area (Å²) in [6.45, 7) is 6.00. The van der Waals surface area contributed by atoms with Crippen LogP contribution in [0.15, 0.2) is 24.3 Å². The van der Waals surface area contributed by atoms with Crippen molar-refractivity contribution in [3.05, 3.63) is 24.3 Å². The Bertz CT molecular complexity index is 331. The molecule has 0 fully saturated rings. The van der Waals surface area contributed by atoms with Gasteiger partial charge < -0.3 is 20.5 Å². The van der Waals surface area contributed by atoms with E-state index in [1.165, 1.54) is 0 Å². The first-order valence-electron chi connectivity index (χ1n) is 6.58. The lowest BCUT2D eigenvalue weighted by molar-refractivity contribution is 0.213. The molecule has 0 aliphatic heterocycles. The first kappa shape index (κ1) is 14.8. The second kappa shape index (κ2) is 8.78. The van der Waals surface area contributed by atoms with Crippen molar-refractivity contribution < 1.29 is 9.84 Å². The number of para-hydroxylation sites is 2. The Morgan fingerprint density at radius 1 is 1.22 bits per heavy atom. The number of rotatable bonds is 9. The van der Waals surface area contributed by atoms with Gasteiger partial charge >= 0.3 is 0 Å². The molecule has 0 bridgehead atoms. The van der Waals surface area contributed by atoms with Crippen molar-refractivity contribution in [1.82, 2.24) is 4.90 Å². The zero-order valence-corrected chi connectivity index (χ0v) is 11.1. The van der Waals surface area contributed by atoms with E-state index in [-0.39, 0.29) is 6.61 Å². The summed E-state index contributed by atoms with van der Waals surface area (Å²) >= 11 is 0. The highest BCUT2D eigenvalue weighted by Crippen LogP contribution is 2.19. The largest absolute Gasteiger partial charge is 0.491 e. The fraction of sp³-hybridized carbons (Fsp3) is 0.571. The van der Waals surface area contributed by atoms with Gasteiger partial charge in [0.25, 0.3) is 0 Å². The number of ether oxygens (including phenoxy) is 1. The number of aliphatic hydroxyl groups is 1. The molecule has 102 valence electrons. The van der Waals surface area contributed by atoms with Gasteiger partial charge in [-0.1, -0.05) is 19.1 Å². The summed E-state index contributed by atoms with van der Waals surface area (Å²) in [4.78, 5) is 2.31. The van der Waals surface area contributed by atoms with Crippen LogP contribution in [0.2, 0.25) is 0 Å². The molecular formula is C14H24N2O2. The first-order valence-corrected chi connectivity index (χ1v) is 6.58. The summed E-state index contributed by atoms with van der Waals surface area (Å²) in [5.74, 6) is 0.760. The fourth-order valence-corrected chi connectivity index (χ4v) is 1.80. The number of nitrogens with two attached hydrogens (primary N) is 1. The monoisotopic (exact) mass is 252 g/mol. The van der Waals surface area contributed by atoms with E-state index < -0.39 is 0 Å². The third-order valence-corrected chi connectivity index (χ3v) is 2.87. The van der Waals surface area contributed by atoms with Crippen molar-refractivity contribution in [1.29, 1.82) is 0 Å². The highest BCUT2D eigenvalue weighted by molar-refractivity contribution is 5.51. The van der Waals surface area contributed by atoms with Gasteiger partial charge in [-0.15, -0.1) is 0 Å². The maximum Gasteiger partial charge on any atom is 0.142 e. The molecule has 0 atom stereocenters. The minimum atomic E-state index is 0.257. The molecule has 0 radical (unpaired) electrons. The Labute approximate surface area is 109 Å². The van der Waals surface area contributed by atoms with E-state index in [4.69, 9.17) is 15.6 Å². The summed E-state index contributed by atoms with van der Waals surface area (Å²) in [6.07, 6.45) is 1.80. The Hall–Kier alpha value is -1.26. The van der Waals surface area contributed by atoms with Crippen LogP contribution in [0, 0.1) is 0 Å². The summed E-state index contributed by atoms with van der Waals surface area (Å²) < 4.78 is 5.64. The normalized spacial score (nSPS) is 10.8. The molecule has 1 aromatic rings. The number of hydrogen-bond acceptors (Lipinski definition) is 4. The smallest absolute Gasteiger partial charge is 0.142 e. The van der Waals surface area contributed by atoms with Gasteiger partial charge in [-0.05, 0) is 31.5 Å². The van der Waals surface area contributed by atoms with Crippen LogP contribution in [0.3, 0.4) is 0 Å². The van der Waals surface area contributed by atoms with Crippen LogP contribution in [0.4, 0.5) is 5.69 Å². The summed E-state index contributed by atoms with van der Waals surface area (Å²) in [7, 11) is 0. The molecule has 0 saturated heterocycles. The molecule has 4 heteroatoms. The van der Waals surface area contributed by atoms with Gasteiger partial charge in [0.2, 0.25) is 0 Å². The molecule has 0 aromatic heterocycles. The fourth-order valence-electron chi connectivity index (χ4n) is 1.80. The van der Waals surface area contributed by atoms with Crippen LogP contribution in [0.5, 0.6) is 5.75 Å². The zero-order valence-electron chi connectivity index (χ0n) is 11.1. The zero-order chi connectivity index (χ0) is 13.2. The summed E-state index contributed by atoms with van der Waals surface area (Å²) in [6, 6.07) is 7.55. The van der Waals surface area contributed by atoms with E-state index in [0.29, 0.717) is 12.3 Å². The molecule has 0 heterocycles. The van der Waals surface area contributed by atoms with Crippen molar-refractivity contribution >= 4 is 5.69 Å².